The highest BCUT2D eigenvalue weighted by atomic mass is 16.6. The summed E-state index contributed by atoms with van der Waals surface area (Å²) in [5.74, 6) is 1.83. The first kappa shape index (κ1) is 17.0. The zero-order valence-electron chi connectivity index (χ0n) is 14.3. The van der Waals surface area contributed by atoms with Gasteiger partial charge in [-0.3, -0.25) is 0 Å². The van der Waals surface area contributed by atoms with Crippen LogP contribution in [0.4, 0.5) is 5.82 Å². The number of nitrogens with zero attached hydrogens (tertiary/aromatic N) is 5. The lowest BCUT2D eigenvalue weighted by atomic mass is 10.1. The van der Waals surface area contributed by atoms with E-state index in [2.05, 4.69) is 9.98 Å². The Kier molecular flexibility index (Phi) is 3.99. The molecule has 0 aliphatic carbocycles. The number of aliphatic hydroxyl groups is 3. The first-order valence-electron chi connectivity index (χ1n) is 8.26. The number of rotatable bonds is 2. The van der Waals surface area contributed by atoms with Crippen LogP contribution in [-0.2, 0) is 11.3 Å². The standard InChI is InChI=1S/C16H20N5O5/c1-8-17-14-9(5-19(8)2)6-21-11(18-14)3-4-20(16(21)25)15-13(24)12(23)10(7-22)26-15/h3-5,10,12-13,15,22-24H,6-7H2,1-2H3/q+1/t10-,12-,13-,15?/m1/s1. The minimum absolute atomic E-state index is 0.282. The lowest BCUT2D eigenvalue weighted by Gasteiger charge is -2.23. The third kappa shape index (κ3) is 2.50. The Hall–Kier alpha value is -2.40. The Morgan fingerprint density at radius 1 is 1.35 bits per heavy atom. The number of aromatic nitrogens is 2. The summed E-state index contributed by atoms with van der Waals surface area (Å²) in [6.45, 7) is 1.70. The van der Waals surface area contributed by atoms with Gasteiger partial charge in [-0.2, -0.15) is 18.9 Å². The SMILES string of the molecule is CC1=NC2=Nc3cc[n+](C4O[C@H](CO)[C@@H](O)[C@H]4O)c(=O)n3CC2=CN1C. The molecule has 1 aromatic rings. The molecule has 1 unspecified atom stereocenters. The van der Waals surface area contributed by atoms with Gasteiger partial charge in [0.25, 0.3) is 0 Å². The van der Waals surface area contributed by atoms with Gasteiger partial charge >= 0.3 is 5.69 Å². The van der Waals surface area contributed by atoms with Crippen molar-refractivity contribution in [2.24, 2.45) is 9.98 Å². The summed E-state index contributed by atoms with van der Waals surface area (Å²) < 4.78 is 8.11. The maximum absolute atomic E-state index is 12.9. The fourth-order valence-corrected chi connectivity index (χ4v) is 3.26. The molecular weight excluding hydrogens is 342 g/mol. The highest BCUT2D eigenvalue weighted by molar-refractivity contribution is 6.09. The molecule has 26 heavy (non-hydrogen) atoms. The van der Waals surface area contributed by atoms with E-state index in [1.807, 2.05) is 25.1 Å². The van der Waals surface area contributed by atoms with Gasteiger partial charge in [0.2, 0.25) is 12.0 Å². The molecule has 0 saturated carbocycles. The van der Waals surface area contributed by atoms with Crippen molar-refractivity contribution in [3.05, 3.63) is 34.5 Å². The fraction of sp³-hybridized carbons (Fsp3) is 0.500. The zero-order chi connectivity index (χ0) is 18.6. The lowest BCUT2D eigenvalue weighted by Crippen LogP contribution is -2.60. The average molecular weight is 362 g/mol. The molecule has 0 amide bonds. The quantitative estimate of drug-likeness (QED) is 0.525. The molecule has 0 spiro atoms. The molecular formula is C16H20N5O5+. The van der Waals surface area contributed by atoms with Crippen molar-refractivity contribution in [3.63, 3.8) is 0 Å². The van der Waals surface area contributed by atoms with Crippen LogP contribution in [0.25, 0.3) is 0 Å². The van der Waals surface area contributed by atoms with Gasteiger partial charge < -0.3 is 25.0 Å². The Labute approximate surface area is 148 Å². The van der Waals surface area contributed by atoms with Gasteiger partial charge in [-0.25, -0.2) is 4.99 Å². The Balaban J connectivity index is 1.75. The van der Waals surface area contributed by atoms with Crippen LogP contribution in [0.2, 0.25) is 0 Å². The van der Waals surface area contributed by atoms with E-state index in [1.165, 1.54) is 15.3 Å². The smallest absolute Gasteiger partial charge is 0.394 e. The predicted octanol–water partition coefficient (Wildman–Crippen LogP) is -1.96. The Morgan fingerprint density at radius 3 is 2.81 bits per heavy atom. The van der Waals surface area contributed by atoms with E-state index < -0.39 is 36.8 Å². The molecule has 0 bridgehead atoms. The van der Waals surface area contributed by atoms with Crippen molar-refractivity contribution in [2.45, 2.75) is 38.0 Å². The van der Waals surface area contributed by atoms with Crippen molar-refractivity contribution >= 4 is 17.5 Å². The van der Waals surface area contributed by atoms with Crippen LogP contribution in [0.1, 0.15) is 13.2 Å². The number of aliphatic imine (C=N–C) groups is 2. The van der Waals surface area contributed by atoms with E-state index in [1.54, 1.807) is 6.07 Å². The summed E-state index contributed by atoms with van der Waals surface area (Å²) in [6, 6.07) is 1.63. The number of aliphatic hydroxyl groups excluding tert-OH is 3. The summed E-state index contributed by atoms with van der Waals surface area (Å²) in [5.41, 5.74) is 0.363. The van der Waals surface area contributed by atoms with E-state index in [0.717, 1.165) is 11.4 Å². The number of amidine groups is 2. The maximum atomic E-state index is 12.9. The molecule has 3 aliphatic rings. The summed E-state index contributed by atoms with van der Waals surface area (Å²) in [6.07, 6.45) is -1.28. The van der Waals surface area contributed by atoms with E-state index in [-0.39, 0.29) is 6.54 Å². The van der Waals surface area contributed by atoms with Gasteiger partial charge in [0.15, 0.2) is 5.84 Å². The molecule has 4 heterocycles. The third-order valence-electron chi connectivity index (χ3n) is 4.87. The largest absolute Gasteiger partial charge is 0.502 e. The topological polar surface area (TPSA) is 124 Å². The predicted molar refractivity (Wildman–Crippen MR) is 90.0 cm³/mol. The van der Waals surface area contributed by atoms with Crippen molar-refractivity contribution in [2.75, 3.05) is 13.7 Å². The number of fused-ring (bicyclic) bond motifs is 2. The molecule has 0 aromatic carbocycles. The second-order valence-corrected chi connectivity index (χ2v) is 6.54. The van der Waals surface area contributed by atoms with E-state index in [9.17, 15) is 20.1 Å². The first-order chi connectivity index (χ1) is 12.4. The number of hydrogen-bond acceptors (Lipinski definition) is 8. The monoisotopic (exact) mass is 362 g/mol. The van der Waals surface area contributed by atoms with Gasteiger partial charge in [-0.15, -0.1) is 0 Å². The minimum Gasteiger partial charge on any atom is -0.394 e. The molecule has 1 saturated heterocycles. The first-order valence-corrected chi connectivity index (χ1v) is 8.26. The highest BCUT2D eigenvalue weighted by Crippen LogP contribution is 2.26. The molecule has 4 rings (SSSR count). The maximum Gasteiger partial charge on any atom is 0.502 e. The van der Waals surface area contributed by atoms with Crippen molar-refractivity contribution in [1.29, 1.82) is 0 Å². The van der Waals surface area contributed by atoms with Crippen LogP contribution in [0, 0.1) is 0 Å². The average Bonchev–Trinajstić information content (AvgIpc) is 2.90. The fourth-order valence-electron chi connectivity index (χ4n) is 3.26. The van der Waals surface area contributed by atoms with Crippen LogP contribution in [0.15, 0.2) is 38.8 Å². The second-order valence-electron chi connectivity index (χ2n) is 6.54. The van der Waals surface area contributed by atoms with Crippen LogP contribution in [0.5, 0.6) is 0 Å². The van der Waals surface area contributed by atoms with Crippen LogP contribution >= 0.6 is 0 Å². The number of hydrogen-bond donors (Lipinski definition) is 3. The third-order valence-corrected chi connectivity index (χ3v) is 4.87. The molecule has 10 nitrogen and oxygen atoms in total. The normalized spacial score (nSPS) is 30.3. The van der Waals surface area contributed by atoms with Crippen molar-refractivity contribution in [3.8, 4) is 0 Å². The molecule has 4 atom stereocenters. The summed E-state index contributed by atoms with van der Waals surface area (Å²) in [4.78, 5) is 23.6. The summed E-state index contributed by atoms with van der Waals surface area (Å²) in [7, 11) is 1.87. The molecule has 138 valence electrons. The van der Waals surface area contributed by atoms with Crippen molar-refractivity contribution < 1.29 is 24.6 Å². The molecule has 10 heteroatoms. The molecule has 1 fully saturated rings. The molecule has 3 aliphatic heterocycles. The van der Waals surface area contributed by atoms with E-state index in [4.69, 9.17) is 4.74 Å². The van der Waals surface area contributed by atoms with Gasteiger partial charge in [0.05, 0.1) is 12.2 Å². The van der Waals surface area contributed by atoms with Crippen LogP contribution in [0.3, 0.4) is 0 Å². The lowest BCUT2D eigenvalue weighted by molar-refractivity contribution is -0.781. The Morgan fingerprint density at radius 2 is 2.12 bits per heavy atom. The van der Waals surface area contributed by atoms with Crippen LogP contribution < -0.4 is 10.3 Å². The number of ether oxygens (including phenoxy) is 1. The van der Waals surface area contributed by atoms with Gasteiger partial charge in [0, 0.05) is 19.3 Å². The van der Waals surface area contributed by atoms with E-state index in [0.29, 0.717) is 11.7 Å². The highest BCUT2D eigenvalue weighted by Gasteiger charge is 2.47. The summed E-state index contributed by atoms with van der Waals surface area (Å²) in [5, 5.41) is 29.3. The van der Waals surface area contributed by atoms with Crippen molar-refractivity contribution in [1.82, 2.24) is 9.47 Å². The van der Waals surface area contributed by atoms with Crippen LogP contribution in [-0.4, -0.2) is 68.4 Å². The minimum atomic E-state index is -1.32. The molecule has 0 radical (unpaired) electrons. The summed E-state index contributed by atoms with van der Waals surface area (Å²) >= 11 is 0. The Bertz CT molecular complexity index is 905. The molecule has 1 aromatic heterocycles. The van der Waals surface area contributed by atoms with Gasteiger partial charge in [0.1, 0.15) is 36.9 Å². The van der Waals surface area contributed by atoms with E-state index >= 15 is 0 Å². The zero-order valence-corrected chi connectivity index (χ0v) is 14.3. The van der Waals surface area contributed by atoms with Gasteiger partial charge in [-0.1, -0.05) is 0 Å². The second kappa shape index (κ2) is 6.09. The van der Waals surface area contributed by atoms with Gasteiger partial charge in [-0.05, 0) is 6.92 Å². The molecule has 3 N–H and O–H groups in total.